The summed E-state index contributed by atoms with van der Waals surface area (Å²) in [5, 5.41) is 0. The maximum absolute atomic E-state index is 5.46. The Morgan fingerprint density at radius 1 is 0.957 bits per heavy atom. The molecular weight excluding hydrogens is 286 g/mol. The van der Waals surface area contributed by atoms with Gasteiger partial charge in [-0.2, -0.15) is 0 Å². The zero-order chi connectivity index (χ0) is 16.0. The molecule has 0 N–H and O–H groups in total. The third-order valence-electron chi connectivity index (χ3n) is 4.68. The Morgan fingerprint density at radius 2 is 1.70 bits per heavy atom. The SMILES string of the molecule is COc1cc2c(cc1OC)C(C)N1C=Cc3ccccc3C1=C2. The van der Waals surface area contributed by atoms with Crippen LogP contribution >= 0.6 is 0 Å². The first-order chi connectivity index (χ1) is 11.2. The van der Waals surface area contributed by atoms with Gasteiger partial charge in [-0.3, -0.25) is 0 Å². The first kappa shape index (κ1) is 13.9. The fraction of sp³-hybridized carbons (Fsp3) is 0.200. The van der Waals surface area contributed by atoms with Crippen molar-refractivity contribution in [2.24, 2.45) is 0 Å². The van der Waals surface area contributed by atoms with Gasteiger partial charge in [-0.15, -0.1) is 0 Å². The number of nitrogens with zero attached hydrogens (tertiary/aromatic N) is 1. The molecule has 1 atom stereocenters. The number of rotatable bonds is 2. The summed E-state index contributed by atoms with van der Waals surface area (Å²) < 4.78 is 10.9. The molecule has 2 heterocycles. The summed E-state index contributed by atoms with van der Waals surface area (Å²) in [5.74, 6) is 1.54. The van der Waals surface area contributed by atoms with E-state index in [-0.39, 0.29) is 6.04 Å². The van der Waals surface area contributed by atoms with Gasteiger partial charge in [0.2, 0.25) is 0 Å². The lowest BCUT2D eigenvalue weighted by Gasteiger charge is -2.38. The van der Waals surface area contributed by atoms with E-state index < -0.39 is 0 Å². The molecule has 0 amide bonds. The Balaban J connectivity index is 1.93. The highest BCUT2D eigenvalue weighted by molar-refractivity contribution is 5.90. The molecule has 2 aromatic rings. The van der Waals surface area contributed by atoms with Gasteiger partial charge in [0.25, 0.3) is 0 Å². The molecule has 4 rings (SSSR count). The molecule has 0 aromatic heterocycles. The molecule has 3 nitrogen and oxygen atoms in total. The number of benzene rings is 2. The van der Waals surface area contributed by atoms with Gasteiger partial charge in [-0.05, 0) is 47.9 Å². The molecule has 0 saturated carbocycles. The lowest BCUT2D eigenvalue weighted by Crippen LogP contribution is -2.26. The smallest absolute Gasteiger partial charge is 0.161 e. The minimum absolute atomic E-state index is 0.245. The lowest BCUT2D eigenvalue weighted by molar-refractivity contribution is 0.351. The summed E-state index contributed by atoms with van der Waals surface area (Å²) in [6.45, 7) is 2.22. The average molecular weight is 305 g/mol. The van der Waals surface area contributed by atoms with Crippen LogP contribution in [0.2, 0.25) is 0 Å². The van der Waals surface area contributed by atoms with E-state index in [1.54, 1.807) is 14.2 Å². The molecule has 0 fully saturated rings. The van der Waals surface area contributed by atoms with Crippen molar-refractivity contribution >= 4 is 17.8 Å². The van der Waals surface area contributed by atoms with Crippen molar-refractivity contribution in [3.8, 4) is 11.5 Å². The second kappa shape index (κ2) is 5.20. The molecule has 0 aliphatic carbocycles. The Bertz CT molecular complexity index is 836. The first-order valence-electron chi connectivity index (χ1n) is 7.76. The van der Waals surface area contributed by atoms with E-state index in [1.165, 1.54) is 28.0 Å². The van der Waals surface area contributed by atoms with E-state index in [0.717, 1.165) is 11.5 Å². The maximum atomic E-state index is 5.46. The Hall–Kier alpha value is -2.68. The Morgan fingerprint density at radius 3 is 2.48 bits per heavy atom. The average Bonchev–Trinajstić information content (AvgIpc) is 2.60. The minimum Gasteiger partial charge on any atom is -0.493 e. The van der Waals surface area contributed by atoms with Crippen LogP contribution < -0.4 is 9.47 Å². The lowest BCUT2D eigenvalue weighted by atomic mass is 9.89. The van der Waals surface area contributed by atoms with E-state index in [9.17, 15) is 0 Å². The number of methoxy groups -OCH3 is 2. The van der Waals surface area contributed by atoms with E-state index in [2.05, 4.69) is 66.6 Å². The van der Waals surface area contributed by atoms with Crippen molar-refractivity contribution in [2.75, 3.05) is 14.2 Å². The van der Waals surface area contributed by atoms with Gasteiger partial charge >= 0.3 is 0 Å². The van der Waals surface area contributed by atoms with Crippen molar-refractivity contribution in [3.05, 3.63) is 64.9 Å². The van der Waals surface area contributed by atoms with Crippen LogP contribution in [0.3, 0.4) is 0 Å². The summed E-state index contributed by atoms with van der Waals surface area (Å²) in [7, 11) is 3.35. The second-order valence-electron chi connectivity index (χ2n) is 5.85. The highest BCUT2D eigenvalue weighted by Gasteiger charge is 2.28. The second-order valence-corrected chi connectivity index (χ2v) is 5.85. The summed E-state index contributed by atoms with van der Waals surface area (Å²) >= 11 is 0. The van der Waals surface area contributed by atoms with Gasteiger partial charge in [-0.25, -0.2) is 0 Å². The van der Waals surface area contributed by atoms with Gasteiger partial charge in [0, 0.05) is 17.5 Å². The molecule has 0 bridgehead atoms. The van der Waals surface area contributed by atoms with Gasteiger partial charge in [0.1, 0.15) is 0 Å². The van der Waals surface area contributed by atoms with Crippen LogP contribution in [0, 0.1) is 0 Å². The van der Waals surface area contributed by atoms with Crippen molar-refractivity contribution in [3.63, 3.8) is 0 Å². The number of hydrogen-bond donors (Lipinski definition) is 0. The van der Waals surface area contributed by atoms with Crippen LogP contribution in [0.4, 0.5) is 0 Å². The predicted molar refractivity (Wildman–Crippen MR) is 93.1 cm³/mol. The molecule has 116 valence electrons. The van der Waals surface area contributed by atoms with Crippen LogP contribution in [0.1, 0.15) is 35.2 Å². The molecule has 0 saturated heterocycles. The molecule has 2 aromatic carbocycles. The summed E-state index contributed by atoms with van der Waals surface area (Å²) in [6.07, 6.45) is 6.58. The van der Waals surface area contributed by atoms with Crippen LogP contribution in [-0.2, 0) is 0 Å². The van der Waals surface area contributed by atoms with Crippen molar-refractivity contribution in [1.82, 2.24) is 4.90 Å². The normalized spacial score (nSPS) is 17.8. The molecule has 0 spiro atoms. The maximum Gasteiger partial charge on any atom is 0.161 e. The van der Waals surface area contributed by atoms with Gasteiger partial charge < -0.3 is 14.4 Å². The third-order valence-corrected chi connectivity index (χ3v) is 4.68. The van der Waals surface area contributed by atoms with E-state index in [0.29, 0.717) is 0 Å². The van der Waals surface area contributed by atoms with E-state index in [4.69, 9.17) is 9.47 Å². The Kier molecular flexibility index (Phi) is 3.15. The van der Waals surface area contributed by atoms with Crippen LogP contribution in [0.15, 0.2) is 42.6 Å². The van der Waals surface area contributed by atoms with Crippen LogP contribution in [-0.4, -0.2) is 19.1 Å². The van der Waals surface area contributed by atoms with Crippen molar-refractivity contribution < 1.29 is 9.47 Å². The third kappa shape index (κ3) is 2.04. The van der Waals surface area contributed by atoms with Crippen LogP contribution in [0.25, 0.3) is 17.8 Å². The van der Waals surface area contributed by atoms with Gasteiger partial charge in [0.05, 0.1) is 20.3 Å². The summed E-state index contributed by atoms with van der Waals surface area (Å²) in [6, 6.07) is 12.9. The molecular formula is C20H19NO2. The predicted octanol–water partition coefficient (Wildman–Crippen LogP) is 4.56. The highest BCUT2D eigenvalue weighted by atomic mass is 16.5. The highest BCUT2D eigenvalue weighted by Crippen LogP contribution is 2.45. The summed E-state index contributed by atoms with van der Waals surface area (Å²) in [5.41, 5.74) is 6.19. The zero-order valence-corrected chi connectivity index (χ0v) is 13.5. The fourth-order valence-electron chi connectivity index (χ4n) is 3.44. The van der Waals surface area contributed by atoms with Crippen LogP contribution in [0.5, 0.6) is 11.5 Å². The number of fused-ring (bicyclic) bond motifs is 4. The number of hydrogen-bond acceptors (Lipinski definition) is 3. The number of ether oxygens (including phenoxy) is 2. The molecule has 0 radical (unpaired) electrons. The largest absolute Gasteiger partial charge is 0.493 e. The molecule has 3 heteroatoms. The quantitative estimate of drug-likeness (QED) is 0.811. The molecule has 2 aliphatic rings. The zero-order valence-electron chi connectivity index (χ0n) is 13.5. The topological polar surface area (TPSA) is 21.7 Å². The van der Waals surface area contributed by atoms with E-state index in [1.807, 2.05) is 0 Å². The van der Waals surface area contributed by atoms with Crippen molar-refractivity contribution in [1.29, 1.82) is 0 Å². The fourth-order valence-corrected chi connectivity index (χ4v) is 3.44. The molecule has 1 unspecified atom stereocenters. The standard InChI is InChI=1S/C20H19NO2/c1-13-17-12-20(23-3)19(22-2)11-15(17)10-18-16-7-5-4-6-14(16)8-9-21(13)18/h4-13H,1-3H3. The van der Waals surface area contributed by atoms with Gasteiger partial charge in [0.15, 0.2) is 11.5 Å². The molecule has 2 aliphatic heterocycles. The first-order valence-corrected chi connectivity index (χ1v) is 7.76. The van der Waals surface area contributed by atoms with Gasteiger partial charge in [-0.1, -0.05) is 24.3 Å². The van der Waals surface area contributed by atoms with E-state index >= 15 is 0 Å². The van der Waals surface area contributed by atoms with Crippen molar-refractivity contribution in [2.45, 2.75) is 13.0 Å². The Labute approximate surface area is 136 Å². The molecule has 23 heavy (non-hydrogen) atoms. The minimum atomic E-state index is 0.245. The summed E-state index contributed by atoms with van der Waals surface area (Å²) in [4.78, 5) is 2.32. The monoisotopic (exact) mass is 305 g/mol.